The summed E-state index contributed by atoms with van der Waals surface area (Å²) < 4.78 is 55.0. The van der Waals surface area contributed by atoms with E-state index in [9.17, 15) is 22.4 Å². The molecule has 3 aromatic carbocycles. The highest BCUT2D eigenvalue weighted by molar-refractivity contribution is 5.94. The van der Waals surface area contributed by atoms with Gasteiger partial charge in [-0.2, -0.15) is 13.2 Å². The lowest BCUT2D eigenvalue weighted by Crippen LogP contribution is -2.29. The van der Waals surface area contributed by atoms with Crippen LogP contribution < -0.4 is 5.32 Å². The lowest BCUT2D eigenvalue weighted by molar-refractivity contribution is -0.143. The summed E-state index contributed by atoms with van der Waals surface area (Å²) >= 11 is 0. The topological polar surface area (TPSA) is 59.8 Å². The van der Waals surface area contributed by atoms with Crippen molar-refractivity contribution in [1.29, 1.82) is 0 Å². The normalized spacial score (nSPS) is 12.7. The van der Waals surface area contributed by atoms with Crippen LogP contribution in [-0.2, 0) is 6.18 Å². The molecule has 1 unspecified atom stereocenters. The van der Waals surface area contributed by atoms with E-state index in [1.165, 1.54) is 0 Å². The van der Waals surface area contributed by atoms with E-state index in [1.54, 1.807) is 13.0 Å². The van der Waals surface area contributed by atoms with Gasteiger partial charge in [0.2, 0.25) is 0 Å². The molecule has 31 heavy (non-hydrogen) atoms. The summed E-state index contributed by atoms with van der Waals surface area (Å²) in [7, 11) is 0. The number of rotatable bonds is 4. The molecular formula is C22H16F4N4O. The Kier molecular flexibility index (Phi) is 5.18. The van der Waals surface area contributed by atoms with Crippen LogP contribution in [0.3, 0.4) is 0 Å². The lowest BCUT2D eigenvalue weighted by Gasteiger charge is -2.17. The first-order valence-electron chi connectivity index (χ1n) is 9.33. The van der Waals surface area contributed by atoms with Crippen LogP contribution in [-0.4, -0.2) is 20.9 Å². The first-order valence-corrected chi connectivity index (χ1v) is 9.33. The van der Waals surface area contributed by atoms with E-state index in [4.69, 9.17) is 0 Å². The Labute approximate surface area is 174 Å². The number of nitrogens with one attached hydrogen (secondary N) is 1. The Morgan fingerprint density at radius 2 is 1.68 bits per heavy atom. The third-order valence-corrected chi connectivity index (χ3v) is 4.86. The SMILES string of the molecule is CC(NC(=O)c1nnn(-c2ccc(F)cc2)c1C(F)(F)F)c1cccc2ccccc12. The zero-order valence-electron chi connectivity index (χ0n) is 16.2. The van der Waals surface area contributed by atoms with Crippen molar-refractivity contribution in [2.75, 3.05) is 0 Å². The monoisotopic (exact) mass is 428 g/mol. The molecule has 1 heterocycles. The first kappa shape index (κ1) is 20.5. The Bertz CT molecular complexity index is 1240. The second-order valence-corrected chi connectivity index (χ2v) is 6.94. The molecule has 1 N–H and O–H groups in total. The molecule has 0 bridgehead atoms. The molecule has 4 rings (SSSR count). The summed E-state index contributed by atoms with van der Waals surface area (Å²) in [5.74, 6) is -1.62. The number of halogens is 4. The summed E-state index contributed by atoms with van der Waals surface area (Å²) in [5.41, 5.74) is -1.50. The fraction of sp³-hybridized carbons (Fsp3) is 0.136. The first-order chi connectivity index (χ1) is 14.8. The molecule has 0 saturated carbocycles. The van der Waals surface area contributed by atoms with Crippen molar-refractivity contribution in [3.05, 3.63) is 89.5 Å². The van der Waals surface area contributed by atoms with Crippen molar-refractivity contribution in [2.45, 2.75) is 19.1 Å². The van der Waals surface area contributed by atoms with Crippen molar-refractivity contribution in [2.24, 2.45) is 0 Å². The minimum Gasteiger partial charge on any atom is -0.344 e. The van der Waals surface area contributed by atoms with Gasteiger partial charge in [0.1, 0.15) is 5.82 Å². The van der Waals surface area contributed by atoms with E-state index in [0.29, 0.717) is 4.68 Å². The summed E-state index contributed by atoms with van der Waals surface area (Å²) in [6.07, 6.45) is -4.91. The number of hydrogen-bond acceptors (Lipinski definition) is 3. The molecule has 9 heteroatoms. The van der Waals surface area contributed by atoms with Gasteiger partial charge < -0.3 is 5.32 Å². The average Bonchev–Trinajstić information content (AvgIpc) is 3.20. The van der Waals surface area contributed by atoms with Gasteiger partial charge in [-0.25, -0.2) is 9.07 Å². The van der Waals surface area contributed by atoms with Crippen molar-refractivity contribution in [1.82, 2.24) is 20.3 Å². The smallest absolute Gasteiger partial charge is 0.344 e. The number of carbonyl (C=O) groups is 1. The highest BCUT2D eigenvalue weighted by Gasteiger charge is 2.42. The van der Waals surface area contributed by atoms with Crippen LogP contribution in [0.5, 0.6) is 0 Å². The highest BCUT2D eigenvalue weighted by Crippen LogP contribution is 2.33. The van der Waals surface area contributed by atoms with Crippen molar-refractivity contribution in [3.63, 3.8) is 0 Å². The number of nitrogens with zero attached hydrogens (tertiary/aromatic N) is 3. The zero-order valence-corrected chi connectivity index (χ0v) is 16.2. The fourth-order valence-corrected chi connectivity index (χ4v) is 3.42. The summed E-state index contributed by atoms with van der Waals surface area (Å²) in [6, 6.07) is 16.7. The Hall–Kier alpha value is -3.75. The molecule has 158 valence electrons. The second kappa shape index (κ2) is 7.82. The van der Waals surface area contributed by atoms with Gasteiger partial charge in [0.05, 0.1) is 11.7 Å². The van der Waals surface area contributed by atoms with E-state index in [-0.39, 0.29) is 5.69 Å². The van der Waals surface area contributed by atoms with Gasteiger partial charge in [-0.05, 0) is 47.5 Å². The van der Waals surface area contributed by atoms with Gasteiger partial charge >= 0.3 is 6.18 Å². The van der Waals surface area contributed by atoms with Crippen molar-refractivity contribution in [3.8, 4) is 5.69 Å². The van der Waals surface area contributed by atoms with Crippen LogP contribution in [0, 0.1) is 5.82 Å². The highest BCUT2D eigenvalue weighted by atomic mass is 19.4. The summed E-state index contributed by atoms with van der Waals surface area (Å²) in [5, 5.41) is 11.4. The minimum absolute atomic E-state index is 0.0672. The molecule has 4 aromatic rings. The molecule has 5 nitrogen and oxygen atoms in total. The molecule has 0 aliphatic rings. The van der Waals surface area contributed by atoms with E-state index in [1.807, 2.05) is 36.4 Å². The summed E-state index contributed by atoms with van der Waals surface area (Å²) in [6.45, 7) is 1.68. The largest absolute Gasteiger partial charge is 0.435 e. The molecule has 1 aromatic heterocycles. The summed E-state index contributed by atoms with van der Waals surface area (Å²) in [4.78, 5) is 12.7. The van der Waals surface area contributed by atoms with E-state index in [2.05, 4.69) is 15.6 Å². The number of fused-ring (bicyclic) bond motifs is 1. The molecule has 0 aliphatic heterocycles. The lowest BCUT2D eigenvalue weighted by atomic mass is 9.99. The third-order valence-electron chi connectivity index (χ3n) is 4.86. The maximum absolute atomic E-state index is 13.8. The van der Waals surface area contributed by atoms with Crippen molar-refractivity contribution < 1.29 is 22.4 Å². The maximum Gasteiger partial charge on any atom is 0.435 e. The molecule has 0 saturated heterocycles. The van der Waals surface area contributed by atoms with Crippen LogP contribution in [0.2, 0.25) is 0 Å². The van der Waals surface area contributed by atoms with Crippen LogP contribution in [0.4, 0.5) is 17.6 Å². The molecule has 0 spiro atoms. The Morgan fingerprint density at radius 3 is 2.39 bits per heavy atom. The number of amides is 1. The van der Waals surface area contributed by atoms with Crippen LogP contribution in [0.1, 0.15) is 34.7 Å². The van der Waals surface area contributed by atoms with Gasteiger partial charge in [-0.1, -0.05) is 47.7 Å². The van der Waals surface area contributed by atoms with E-state index < -0.39 is 35.3 Å². The van der Waals surface area contributed by atoms with Gasteiger partial charge in [-0.3, -0.25) is 4.79 Å². The molecule has 0 aliphatic carbocycles. The number of alkyl halides is 3. The number of carbonyl (C=O) groups excluding carboxylic acids is 1. The second-order valence-electron chi connectivity index (χ2n) is 6.94. The molecule has 0 radical (unpaired) electrons. The van der Waals surface area contributed by atoms with Crippen LogP contribution in [0.15, 0.2) is 66.7 Å². The van der Waals surface area contributed by atoms with Crippen LogP contribution in [0.25, 0.3) is 16.5 Å². The van der Waals surface area contributed by atoms with Crippen molar-refractivity contribution >= 4 is 16.7 Å². The van der Waals surface area contributed by atoms with Gasteiger partial charge in [0.15, 0.2) is 11.4 Å². The predicted molar refractivity (Wildman–Crippen MR) is 106 cm³/mol. The van der Waals surface area contributed by atoms with Gasteiger partial charge in [-0.15, -0.1) is 5.10 Å². The minimum atomic E-state index is -4.91. The quantitative estimate of drug-likeness (QED) is 0.462. The van der Waals surface area contributed by atoms with Gasteiger partial charge in [0, 0.05) is 0 Å². The molecule has 0 fully saturated rings. The number of hydrogen-bond donors (Lipinski definition) is 1. The number of benzene rings is 3. The average molecular weight is 428 g/mol. The molecule has 1 atom stereocenters. The Morgan fingerprint density at radius 1 is 1.00 bits per heavy atom. The fourth-order valence-electron chi connectivity index (χ4n) is 3.42. The van der Waals surface area contributed by atoms with Gasteiger partial charge in [0.25, 0.3) is 5.91 Å². The van der Waals surface area contributed by atoms with E-state index in [0.717, 1.165) is 40.6 Å². The number of aromatic nitrogens is 3. The van der Waals surface area contributed by atoms with E-state index >= 15 is 0 Å². The zero-order chi connectivity index (χ0) is 22.2. The Balaban J connectivity index is 1.69. The van der Waals surface area contributed by atoms with Crippen LogP contribution >= 0.6 is 0 Å². The third kappa shape index (κ3) is 3.98. The standard InChI is InChI=1S/C22H16F4N4O/c1-13(17-8-4-6-14-5-2-3-7-18(14)17)27-21(31)19-20(22(24,25)26)30(29-28-19)16-11-9-15(23)10-12-16/h2-13H,1H3,(H,27,31). The molecular weight excluding hydrogens is 412 g/mol. The molecule has 1 amide bonds. The maximum atomic E-state index is 13.8. The predicted octanol–water partition coefficient (Wildman–Crippen LogP) is 5.07.